The molecule has 1 aliphatic rings. The van der Waals surface area contributed by atoms with Gasteiger partial charge in [-0.15, -0.1) is 0 Å². The number of anilines is 2. The van der Waals surface area contributed by atoms with Crippen LogP contribution < -0.4 is 10.2 Å². The Labute approximate surface area is 141 Å². The number of nitrogens with one attached hydrogen (secondary N) is 1. The average Bonchev–Trinajstić information content (AvgIpc) is 2.56. The maximum Gasteiger partial charge on any atom is 0.153 e. The molecule has 0 atom stereocenters. The zero-order valence-electron chi connectivity index (χ0n) is 13.5. The lowest BCUT2D eigenvalue weighted by Gasteiger charge is -2.29. The molecule has 1 N–H and O–H groups in total. The quantitative estimate of drug-likeness (QED) is 0.918. The van der Waals surface area contributed by atoms with Gasteiger partial charge in [0.2, 0.25) is 0 Å². The van der Waals surface area contributed by atoms with Crippen LogP contribution in [0.4, 0.5) is 15.8 Å². The zero-order chi connectivity index (χ0) is 17.2. The van der Waals surface area contributed by atoms with Crippen molar-refractivity contribution in [3.05, 3.63) is 53.6 Å². The number of rotatable bonds is 4. The lowest BCUT2D eigenvalue weighted by Crippen LogP contribution is -2.40. The maximum absolute atomic E-state index is 14.1. The van der Waals surface area contributed by atoms with Crippen molar-refractivity contribution in [1.29, 1.82) is 0 Å². The Bertz CT molecular complexity index is 825. The molecule has 0 saturated carbocycles. The first kappa shape index (κ1) is 16.7. The lowest BCUT2D eigenvalue weighted by atomic mass is 10.2. The number of hydrogen-bond acceptors (Lipinski definition) is 5. The maximum atomic E-state index is 14.1. The Balaban J connectivity index is 1.73. The first-order chi connectivity index (χ1) is 11.4. The molecule has 24 heavy (non-hydrogen) atoms. The molecule has 0 spiro atoms. The Morgan fingerprint density at radius 3 is 2.71 bits per heavy atom. The number of sulfone groups is 1. The van der Waals surface area contributed by atoms with E-state index in [0.29, 0.717) is 25.3 Å². The van der Waals surface area contributed by atoms with Gasteiger partial charge in [0.05, 0.1) is 17.2 Å². The summed E-state index contributed by atoms with van der Waals surface area (Å²) in [6.07, 6.45) is 1.75. The molecule has 1 aromatic carbocycles. The highest BCUT2D eigenvalue weighted by molar-refractivity contribution is 7.91. The third kappa shape index (κ3) is 3.84. The fourth-order valence-electron chi connectivity index (χ4n) is 2.72. The van der Waals surface area contributed by atoms with E-state index in [9.17, 15) is 12.8 Å². The summed E-state index contributed by atoms with van der Waals surface area (Å²) in [5, 5.41) is 3.27. The highest BCUT2D eigenvalue weighted by atomic mass is 32.2. The van der Waals surface area contributed by atoms with Crippen LogP contribution in [0.1, 0.15) is 11.3 Å². The van der Waals surface area contributed by atoms with Crippen molar-refractivity contribution >= 4 is 21.2 Å². The smallest absolute Gasteiger partial charge is 0.153 e. The van der Waals surface area contributed by atoms with Gasteiger partial charge in [-0.1, -0.05) is 6.07 Å². The standard InChI is InChI=1S/C17H20FN3O2S/c1-13-14(3-2-6-19-13)12-20-15-4-5-16(18)17(11-15)21-7-9-24(22,23)10-8-21/h2-6,11,20H,7-10,12H2,1H3. The summed E-state index contributed by atoms with van der Waals surface area (Å²) in [4.78, 5) is 6.03. The number of halogens is 1. The largest absolute Gasteiger partial charge is 0.381 e. The molecular formula is C17H20FN3O2S. The van der Waals surface area contributed by atoms with Gasteiger partial charge in [0.15, 0.2) is 9.84 Å². The summed E-state index contributed by atoms with van der Waals surface area (Å²) in [5.74, 6) is -0.199. The second-order valence-corrected chi connectivity index (χ2v) is 8.21. The van der Waals surface area contributed by atoms with Crippen molar-refractivity contribution in [2.24, 2.45) is 0 Å². The molecule has 7 heteroatoms. The van der Waals surface area contributed by atoms with Crippen LogP contribution in [0.15, 0.2) is 36.5 Å². The van der Waals surface area contributed by atoms with Crippen LogP contribution in [0.5, 0.6) is 0 Å². The molecule has 0 amide bonds. The van der Waals surface area contributed by atoms with E-state index in [1.54, 1.807) is 23.2 Å². The summed E-state index contributed by atoms with van der Waals surface area (Å²) in [6.45, 7) is 3.19. The zero-order valence-corrected chi connectivity index (χ0v) is 14.3. The van der Waals surface area contributed by atoms with Gasteiger partial charge in [-0.2, -0.15) is 0 Å². The topological polar surface area (TPSA) is 62.3 Å². The van der Waals surface area contributed by atoms with Crippen molar-refractivity contribution in [3.8, 4) is 0 Å². The van der Waals surface area contributed by atoms with E-state index < -0.39 is 9.84 Å². The molecule has 1 aromatic heterocycles. The summed E-state index contributed by atoms with van der Waals surface area (Å²) < 4.78 is 37.2. The third-order valence-electron chi connectivity index (χ3n) is 4.23. The average molecular weight is 349 g/mol. The van der Waals surface area contributed by atoms with E-state index in [1.807, 2.05) is 19.1 Å². The molecule has 1 fully saturated rings. The van der Waals surface area contributed by atoms with Gasteiger partial charge in [-0.25, -0.2) is 12.8 Å². The third-order valence-corrected chi connectivity index (χ3v) is 5.84. The fourth-order valence-corrected chi connectivity index (χ4v) is 3.92. The number of nitrogens with zero attached hydrogens (tertiary/aromatic N) is 2. The van der Waals surface area contributed by atoms with Gasteiger partial charge in [0.1, 0.15) is 5.82 Å². The van der Waals surface area contributed by atoms with Gasteiger partial charge < -0.3 is 10.2 Å². The van der Waals surface area contributed by atoms with E-state index >= 15 is 0 Å². The van der Waals surface area contributed by atoms with Gasteiger partial charge in [0, 0.05) is 37.2 Å². The normalized spacial score (nSPS) is 16.8. The number of hydrogen-bond donors (Lipinski definition) is 1. The monoisotopic (exact) mass is 349 g/mol. The van der Waals surface area contributed by atoms with Gasteiger partial charge in [-0.3, -0.25) is 4.98 Å². The minimum Gasteiger partial charge on any atom is -0.381 e. The van der Waals surface area contributed by atoms with Crippen LogP contribution in [-0.2, 0) is 16.4 Å². The fraction of sp³-hybridized carbons (Fsp3) is 0.353. The molecule has 0 aliphatic carbocycles. The molecule has 2 heterocycles. The van der Waals surface area contributed by atoms with Crippen molar-refractivity contribution in [2.75, 3.05) is 34.8 Å². The molecule has 0 radical (unpaired) electrons. The number of benzene rings is 1. The first-order valence-corrected chi connectivity index (χ1v) is 9.66. The van der Waals surface area contributed by atoms with E-state index in [-0.39, 0.29) is 17.3 Å². The highest BCUT2D eigenvalue weighted by Crippen LogP contribution is 2.25. The summed E-state index contributed by atoms with van der Waals surface area (Å²) in [7, 11) is -2.98. The lowest BCUT2D eigenvalue weighted by molar-refractivity contribution is 0.582. The Morgan fingerprint density at radius 1 is 1.25 bits per heavy atom. The molecule has 5 nitrogen and oxygen atoms in total. The highest BCUT2D eigenvalue weighted by Gasteiger charge is 2.23. The van der Waals surface area contributed by atoms with Crippen molar-refractivity contribution in [1.82, 2.24) is 4.98 Å². The number of aryl methyl sites for hydroxylation is 1. The predicted molar refractivity (Wildman–Crippen MR) is 93.6 cm³/mol. The molecule has 128 valence electrons. The van der Waals surface area contributed by atoms with Gasteiger partial charge in [0.25, 0.3) is 0 Å². The molecule has 1 aliphatic heterocycles. The molecule has 0 bridgehead atoms. The molecule has 3 rings (SSSR count). The van der Waals surface area contributed by atoms with Crippen LogP contribution in [0.3, 0.4) is 0 Å². The summed E-state index contributed by atoms with van der Waals surface area (Å²) in [5.41, 5.74) is 3.27. The van der Waals surface area contributed by atoms with Crippen LogP contribution in [0.25, 0.3) is 0 Å². The van der Waals surface area contributed by atoms with E-state index in [1.165, 1.54) is 6.07 Å². The predicted octanol–water partition coefficient (Wildman–Crippen LogP) is 2.38. The van der Waals surface area contributed by atoms with Gasteiger partial charge >= 0.3 is 0 Å². The van der Waals surface area contributed by atoms with E-state index in [0.717, 1.165) is 16.9 Å². The molecule has 0 unspecified atom stereocenters. The minimum atomic E-state index is -2.98. The molecular weight excluding hydrogens is 329 g/mol. The number of aromatic nitrogens is 1. The Kier molecular flexibility index (Phi) is 4.71. The Hall–Kier alpha value is -2.15. The van der Waals surface area contributed by atoms with Crippen molar-refractivity contribution in [3.63, 3.8) is 0 Å². The minimum absolute atomic E-state index is 0.0684. The second-order valence-electron chi connectivity index (χ2n) is 5.91. The van der Waals surface area contributed by atoms with E-state index in [2.05, 4.69) is 10.3 Å². The van der Waals surface area contributed by atoms with E-state index in [4.69, 9.17) is 0 Å². The van der Waals surface area contributed by atoms with Crippen molar-refractivity contribution in [2.45, 2.75) is 13.5 Å². The first-order valence-electron chi connectivity index (χ1n) is 7.84. The van der Waals surface area contributed by atoms with Crippen LogP contribution >= 0.6 is 0 Å². The van der Waals surface area contributed by atoms with Crippen LogP contribution in [0, 0.1) is 12.7 Å². The second kappa shape index (κ2) is 6.76. The summed E-state index contributed by atoms with van der Waals surface area (Å²) in [6, 6.07) is 8.71. The van der Waals surface area contributed by atoms with Gasteiger partial charge in [-0.05, 0) is 36.8 Å². The molecule has 2 aromatic rings. The molecule has 1 saturated heterocycles. The number of pyridine rings is 1. The van der Waals surface area contributed by atoms with Crippen molar-refractivity contribution < 1.29 is 12.8 Å². The van der Waals surface area contributed by atoms with Crippen LogP contribution in [0.2, 0.25) is 0 Å². The van der Waals surface area contributed by atoms with Crippen LogP contribution in [-0.4, -0.2) is 38.0 Å². The SMILES string of the molecule is Cc1ncccc1CNc1ccc(F)c(N2CCS(=O)(=O)CC2)c1. The summed E-state index contributed by atoms with van der Waals surface area (Å²) >= 11 is 0. The Morgan fingerprint density at radius 2 is 2.00 bits per heavy atom.